The van der Waals surface area contributed by atoms with Gasteiger partial charge in [0.1, 0.15) is 0 Å². The van der Waals surface area contributed by atoms with Gasteiger partial charge in [-0.25, -0.2) is 0 Å². The van der Waals surface area contributed by atoms with Crippen LogP contribution in [0.25, 0.3) is 0 Å². The van der Waals surface area contributed by atoms with Crippen molar-refractivity contribution in [2.75, 3.05) is 13.2 Å². The maximum Gasteiger partial charge on any atom is 0.0685 e. The second kappa shape index (κ2) is 6.13. The number of ether oxygens (including phenoxy) is 1. The lowest BCUT2D eigenvalue weighted by molar-refractivity contribution is -0.0941. The molecule has 3 aliphatic rings. The third kappa shape index (κ3) is 3.52. The predicted molar refractivity (Wildman–Crippen MR) is 79.3 cm³/mol. The number of hydrogen-bond acceptors (Lipinski definition) is 2. The molecule has 2 heteroatoms. The Morgan fingerprint density at radius 2 is 2.00 bits per heavy atom. The fraction of sp³-hybridized carbons (Fsp3) is 1.00. The first-order chi connectivity index (χ1) is 9.31. The molecular weight excluding hydrogens is 234 g/mol. The maximum absolute atomic E-state index is 6.16. The van der Waals surface area contributed by atoms with E-state index in [-0.39, 0.29) is 0 Å². The molecule has 1 aliphatic heterocycles. The molecule has 0 aromatic heterocycles. The van der Waals surface area contributed by atoms with Gasteiger partial charge in [-0.2, -0.15) is 0 Å². The molecule has 0 aromatic carbocycles. The summed E-state index contributed by atoms with van der Waals surface area (Å²) in [5, 5.41) is 3.71. The molecule has 3 rings (SSSR count). The molecule has 0 bridgehead atoms. The van der Waals surface area contributed by atoms with Crippen LogP contribution >= 0.6 is 0 Å². The van der Waals surface area contributed by atoms with E-state index in [1.807, 2.05) is 0 Å². The van der Waals surface area contributed by atoms with Crippen molar-refractivity contribution in [3.8, 4) is 0 Å². The van der Waals surface area contributed by atoms with E-state index in [9.17, 15) is 0 Å². The summed E-state index contributed by atoms with van der Waals surface area (Å²) in [6.45, 7) is 4.41. The smallest absolute Gasteiger partial charge is 0.0685 e. The molecule has 0 radical (unpaired) electrons. The van der Waals surface area contributed by atoms with Crippen molar-refractivity contribution in [1.82, 2.24) is 5.32 Å². The topological polar surface area (TPSA) is 21.3 Å². The van der Waals surface area contributed by atoms with Gasteiger partial charge in [-0.15, -0.1) is 0 Å². The minimum absolute atomic E-state index is 0.316. The molecule has 3 fully saturated rings. The SMILES string of the molecule is CCNC(CCC1CCOC2(CCCC2)C1)C1CC1. The lowest BCUT2D eigenvalue weighted by atomic mass is 9.81. The van der Waals surface area contributed by atoms with Crippen LogP contribution in [-0.2, 0) is 4.74 Å². The summed E-state index contributed by atoms with van der Waals surface area (Å²) in [5.41, 5.74) is 0.316. The zero-order valence-corrected chi connectivity index (χ0v) is 12.6. The van der Waals surface area contributed by atoms with E-state index in [1.165, 1.54) is 64.2 Å². The Balaban J connectivity index is 1.46. The van der Waals surface area contributed by atoms with Crippen LogP contribution in [0.2, 0.25) is 0 Å². The molecular formula is C17H31NO. The minimum atomic E-state index is 0.316. The molecule has 2 aliphatic carbocycles. The van der Waals surface area contributed by atoms with Gasteiger partial charge in [0.25, 0.3) is 0 Å². The molecule has 2 atom stereocenters. The highest BCUT2D eigenvalue weighted by molar-refractivity contribution is 4.92. The summed E-state index contributed by atoms with van der Waals surface area (Å²) in [7, 11) is 0. The molecule has 110 valence electrons. The van der Waals surface area contributed by atoms with Crippen LogP contribution in [0.5, 0.6) is 0 Å². The highest BCUT2D eigenvalue weighted by Gasteiger charge is 2.40. The zero-order valence-electron chi connectivity index (χ0n) is 12.6. The Kier molecular flexibility index (Phi) is 4.48. The first kappa shape index (κ1) is 13.9. The first-order valence-electron chi connectivity index (χ1n) is 8.69. The van der Waals surface area contributed by atoms with E-state index < -0.39 is 0 Å². The van der Waals surface area contributed by atoms with Gasteiger partial charge in [0.2, 0.25) is 0 Å². The van der Waals surface area contributed by atoms with Gasteiger partial charge < -0.3 is 10.1 Å². The fourth-order valence-corrected chi connectivity index (χ4v) is 4.42. The summed E-state index contributed by atoms with van der Waals surface area (Å²) in [6.07, 6.45) is 13.9. The van der Waals surface area contributed by atoms with Crippen molar-refractivity contribution in [3.63, 3.8) is 0 Å². The molecule has 1 saturated heterocycles. The molecule has 0 aromatic rings. The van der Waals surface area contributed by atoms with E-state index in [1.54, 1.807) is 0 Å². The third-order valence-electron chi connectivity index (χ3n) is 5.65. The molecule has 0 amide bonds. The van der Waals surface area contributed by atoms with Crippen molar-refractivity contribution >= 4 is 0 Å². The van der Waals surface area contributed by atoms with Crippen LogP contribution in [0.1, 0.15) is 71.1 Å². The Morgan fingerprint density at radius 3 is 2.68 bits per heavy atom. The highest BCUT2D eigenvalue weighted by Crippen LogP contribution is 2.44. The predicted octanol–water partition coefficient (Wildman–Crippen LogP) is 3.89. The molecule has 19 heavy (non-hydrogen) atoms. The lowest BCUT2D eigenvalue weighted by Gasteiger charge is -2.38. The van der Waals surface area contributed by atoms with Crippen LogP contribution in [0.4, 0.5) is 0 Å². The van der Waals surface area contributed by atoms with Crippen molar-refractivity contribution in [1.29, 1.82) is 0 Å². The average Bonchev–Trinajstić information content (AvgIpc) is 3.18. The molecule has 1 N–H and O–H groups in total. The van der Waals surface area contributed by atoms with Gasteiger partial charge in [0.15, 0.2) is 0 Å². The quantitative estimate of drug-likeness (QED) is 0.786. The Labute approximate surface area is 118 Å². The highest BCUT2D eigenvalue weighted by atomic mass is 16.5. The van der Waals surface area contributed by atoms with E-state index in [0.29, 0.717) is 5.60 Å². The Bertz CT molecular complexity index is 281. The van der Waals surface area contributed by atoms with Gasteiger partial charge in [0.05, 0.1) is 5.60 Å². The maximum atomic E-state index is 6.16. The minimum Gasteiger partial charge on any atom is -0.375 e. The van der Waals surface area contributed by atoms with Gasteiger partial charge in [-0.1, -0.05) is 19.8 Å². The number of hydrogen-bond donors (Lipinski definition) is 1. The zero-order chi connectivity index (χ0) is 13.1. The first-order valence-corrected chi connectivity index (χ1v) is 8.69. The van der Waals surface area contributed by atoms with Crippen molar-refractivity contribution in [3.05, 3.63) is 0 Å². The summed E-state index contributed by atoms with van der Waals surface area (Å²) >= 11 is 0. The van der Waals surface area contributed by atoms with Gasteiger partial charge in [0, 0.05) is 12.6 Å². The van der Waals surface area contributed by atoms with Crippen molar-refractivity contribution in [2.24, 2.45) is 11.8 Å². The van der Waals surface area contributed by atoms with Gasteiger partial charge >= 0.3 is 0 Å². The summed E-state index contributed by atoms with van der Waals surface area (Å²) in [5.74, 6) is 1.94. The van der Waals surface area contributed by atoms with E-state index in [4.69, 9.17) is 4.74 Å². The summed E-state index contributed by atoms with van der Waals surface area (Å²) in [6, 6.07) is 0.812. The third-order valence-corrected chi connectivity index (χ3v) is 5.65. The monoisotopic (exact) mass is 265 g/mol. The number of rotatable bonds is 6. The van der Waals surface area contributed by atoms with Crippen molar-refractivity contribution in [2.45, 2.75) is 82.8 Å². The van der Waals surface area contributed by atoms with Crippen molar-refractivity contribution < 1.29 is 4.74 Å². The molecule has 1 heterocycles. The Hall–Kier alpha value is -0.0800. The van der Waals surface area contributed by atoms with Crippen LogP contribution < -0.4 is 5.32 Å². The summed E-state index contributed by atoms with van der Waals surface area (Å²) < 4.78 is 6.16. The second-order valence-corrected chi connectivity index (χ2v) is 7.18. The standard InChI is InChI=1S/C17H31NO/c1-2-18-16(15-6-7-15)8-5-14-9-12-19-17(13-14)10-3-4-11-17/h14-16,18H,2-13H2,1H3. The Morgan fingerprint density at radius 1 is 1.21 bits per heavy atom. The van der Waals surface area contributed by atoms with Gasteiger partial charge in [-0.3, -0.25) is 0 Å². The van der Waals surface area contributed by atoms with Crippen LogP contribution in [0.15, 0.2) is 0 Å². The fourth-order valence-electron chi connectivity index (χ4n) is 4.42. The molecule has 1 spiro atoms. The van der Waals surface area contributed by atoms with E-state index in [2.05, 4.69) is 12.2 Å². The lowest BCUT2D eigenvalue weighted by Crippen LogP contribution is -2.38. The van der Waals surface area contributed by atoms with Gasteiger partial charge in [-0.05, 0) is 69.7 Å². The molecule has 2 unspecified atom stereocenters. The van der Waals surface area contributed by atoms with Crippen LogP contribution in [-0.4, -0.2) is 24.8 Å². The van der Waals surface area contributed by atoms with Crippen LogP contribution in [0.3, 0.4) is 0 Å². The molecule has 2 nitrogen and oxygen atoms in total. The normalized spacial score (nSPS) is 31.7. The van der Waals surface area contributed by atoms with Crippen LogP contribution in [0, 0.1) is 11.8 Å². The largest absolute Gasteiger partial charge is 0.375 e. The molecule has 2 saturated carbocycles. The second-order valence-electron chi connectivity index (χ2n) is 7.18. The van der Waals surface area contributed by atoms with E-state index >= 15 is 0 Å². The average molecular weight is 265 g/mol. The van der Waals surface area contributed by atoms with E-state index in [0.717, 1.165) is 31.0 Å². The number of nitrogens with one attached hydrogen (secondary N) is 1. The summed E-state index contributed by atoms with van der Waals surface area (Å²) in [4.78, 5) is 0.